The van der Waals surface area contributed by atoms with E-state index in [1.807, 2.05) is 55.5 Å². The summed E-state index contributed by atoms with van der Waals surface area (Å²) in [6.45, 7) is 5.91. The third-order valence-corrected chi connectivity index (χ3v) is 3.64. The SMILES string of the molecule is CCCOc1ccc(/C=N\NC(=S)NCc2ccccc2)cc1OCC. The van der Waals surface area contributed by atoms with E-state index in [9.17, 15) is 0 Å². The molecule has 0 atom stereocenters. The fourth-order valence-electron chi connectivity index (χ4n) is 2.19. The van der Waals surface area contributed by atoms with Gasteiger partial charge < -0.3 is 14.8 Å². The van der Waals surface area contributed by atoms with Crippen molar-refractivity contribution in [3.8, 4) is 11.5 Å². The lowest BCUT2D eigenvalue weighted by molar-refractivity contribution is 0.277. The second kappa shape index (κ2) is 11.1. The summed E-state index contributed by atoms with van der Waals surface area (Å²) in [5.74, 6) is 1.47. The molecule has 2 rings (SSSR count). The topological polar surface area (TPSA) is 54.9 Å². The molecule has 0 aromatic heterocycles. The molecule has 0 aliphatic rings. The molecule has 0 fully saturated rings. The Hall–Kier alpha value is -2.60. The monoisotopic (exact) mass is 371 g/mol. The van der Waals surface area contributed by atoms with Gasteiger partial charge in [-0.1, -0.05) is 37.3 Å². The first kappa shape index (κ1) is 19.7. The van der Waals surface area contributed by atoms with Gasteiger partial charge in [-0.05, 0) is 54.9 Å². The van der Waals surface area contributed by atoms with E-state index in [4.69, 9.17) is 21.7 Å². The zero-order valence-electron chi connectivity index (χ0n) is 15.2. The number of hydrogen-bond acceptors (Lipinski definition) is 4. The van der Waals surface area contributed by atoms with E-state index in [-0.39, 0.29) is 0 Å². The third-order valence-electron chi connectivity index (χ3n) is 3.40. The lowest BCUT2D eigenvalue weighted by atomic mass is 10.2. The minimum absolute atomic E-state index is 0.470. The summed E-state index contributed by atoms with van der Waals surface area (Å²) in [4.78, 5) is 0. The van der Waals surface area contributed by atoms with Gasteiger partial charge in [0.25, 0.3) is 0 Å². The smallest absolute Gasteiger partial charge is 0.187 e. The van der Waals surface area contributed by atoms with Crippen molar-refractivity contribution in [2.75, 3.05) is 13.2 Å². The van der Waals surface area contributed by atoms with Crippen LogP contribution >= 0.6 is 12.2 Å². The molecule has 0 spiro atoms. The average molecular weight is 372 g/mol. The van der Waals surface area contributed by atoms with E-state index in [1.54, 1.807) is 6.21 Å². The quantitative estimate of drug-likeness (QED) is 0.398. The molecular formula is C20H25N3O2S. The van der Waals surface area contributed by atoms with Crippen molar-refractivity contribution in [1.82, 2.24) is 10.7 Å². The maximum Gasteiger partial charge on any atom is 0.187 e. The highest BCUT2D eigenvalue weighted by atomic mass is 32.1. The first-order valence-electron chi connectivity index (χ1n) is 8.73. The van der Waals surface area contributed by atoms with E-state index in [2.05, 4.69) is 22.8 Å². The Balaban J connectivity index is 1.88. The number of thiocarbonyl (C=S) groups is 1. The van der Waals surface area contributed by atoms with Crippen LogP contribution in [0.3, 0.4) is 0 Å². The van der Waals surface area contributed by atoms with Crippen LogP contribution in [0.1, 0.15) is 31.4 Å². The fraction of sp³-hybridized carbons (Fsp3) is 0.300. The molecule has 5 nitrogen and oxygen atoms in total. The number of ether oxygens (including phenoxy) is 2. The summed E-state index contributed by atoms with van der Waals surface area (Å²) in [7, 11) is 0. The van der Waals surface area contributed by atoms with Gasteiger partial charge >= 0.3 is 0 Å². The Labute approximate surface area is 160 Å². The largest absolute Gasteiger partial charge is 0.490 e. The summed E-state index contributed by atoms with van der Waals surface area (Å²) in [6.07, 6.45) is 2.65. The Kier molecular flexibility index (Phi) is 8.42. The van der Waals surface area contributed by atoms with Gasteiger partial charge in [0.05, 0.1) is 19.4 Å². The minimum atomic E-state index is 0.470. The van der Waals surface area contributed by atoms with Crippen LogP contribution in [0, 0.1) is 0 Å². The number of hydrazone groups is 1. The maximum absolute atomic E-state index is 5.69. The van der Waals surface area contributed by atoms with Crippen LogP contribution in [-0.2, 0) is 6.54 Å². The van der Waals surface area contributed by atoms with Crippen molar-refractivity contribution in [2.24, 2.45) is 5.10 Å². The van der Waals surface area contributed by atoms with E-state index in [1.165, 1.54) is 0 Å². The first-order chi connectivity index (χ1) is 12.7. The molecule has 0 saturated heterocycles. The molecule has 26 heavy (non-hydrogen) atoms. The standard InChI is InChI=1S/C20H25N3O2S/c1-3-12-25-18-11-10-17(13-19(18)24-4-2)15-22-23-20(26)21-14-16-8-6-5-7-9-16/h5-11,13,15H,3-4,12,14H2,1-2H3,(H2,21,23,26)/b22-15-. The summed E-state index contributed by atoms with van der Waals surface area (Å²) in [5, 5.41) is 7.75. The van der Waals surface area contributed by atoms with Gasteiger partial charge in [0.15, 0.2) is 16.6 Å². The fourth-order valence-corrected chi connectivity index (χ4v) is 2.31. The van der Waals surface area contributed by atoms with Gasteiger partial charge in [0.1, 0.15) is 0 Å². The van der Waals surface area contributed by atoms with Crippen LogP contribution in [0.5, 0.6) is 11.5 Å². The molecule has 2 aromatic rings. The van der Waals surface area contributed by atoms with Gasteiger partial charge in [0.2, 0.25) is 0 Å². The predicted octanol–water partition coefficient (Wildman–Crippen LogP) is 3.87. The van der Waals surface area contributed by atoms with Crippen molar-refractivity contribution in [3.05, 3.63) is 59.7 Å². The molecular weight excluding hydrogens is 346 g/mol. The minimum Gasteiger partial charge on any atom is -0.490 e. The lowest BCUT2D eigenvalue weighted by Crippen LogP contribution is -2.31. The third kappa shape index (κ3) is 6.72. The predicted molar refractivity (Wildman–Crippen MR) is 110 cm³/mol. The summed E-state index contributed by atoms with van der Waals surface area (Å²) in [5.41, 5.74) is 4.88. The number of nitrogens with zero attached hydrogens (tertiary/aromatic N) is 1. The Morgan fingerprint density at radius 1 is 1.08 bits per heavy atom. The van der Waals surface area contributed by atoms with Crippen molar-refractivity contribution in [1.29, 1.82) is 0 Å². The second-order valence-electron chi connectivity index (χ2n) is 5.53. The van der Waals surface area contributed by atoms with E-state index < -0.39 is 0 Å². The van der Waals surface area contributed by atoms with Gasteiger partial charge in [-0.25, -0.2) is 0 Å². The highest BCUT2D eigenvalue weighted by Gasteiger charge is 2.05. The summed E-state index contributed by atoms with van der Waals surface area (Å²) in [6, 6.07) is 15.8. The molecule has 0 aliphatic heterocycles. The van der Waals surface area contributed by atoms with Crippen LogP contribution < -0.4 is 20.2 Å². The zero-order valence-corrected chi connectivity index (χ0v) is 16.0. The molecule has 0 unspecified atom stereocenters. The molecule has 0 radical (unpaired) electrons. The molecule has 6 heteroatoms. The van der Waals surface area contributed by atoms with Crippen molar-refractivity contribution in [2.45, 2.75) is 26.8 Å². The zero-order chi connectivity index (χ0) is 18.6. The van der Waals surface area contributed by atoms with Crippen LogP contribution in [0.2, 0.25) is 0 Å². The average Bonchev–Trinajstić information content (AvgIpc) is 2.67. The first-order valence-corrected chi connectivity index (χ1v) is 9.14. The van der Waals surface area contributed by atoms with Crippen molar-refractivity contribution >= 4 is 23.5 Å². The molecule has 0 amide bonds. The van der Waals surface area contributed by atoms with Crippen molar-refractivity contribution in [3.63, 3.8) is 0 Å². The van der Waals surface area contributed by atoms with E-state index >= 15 is 0 Å². The van der Waals surface area contributed by atoms with Crippen LogP contribution in [0.15, 0.2) is 53.6 Å². The second-order valence-corrected chi connectivity index (χ2v) is 5.93. The van der Waals surface area contributed by atoms with Crippen molar-refractivity contribution < 1.29 is 9.47 Å². The molecule has 0 aliphatic carbocycles. The van der Waals surface area contributed by atoms with Crippen LogP contribution in [0.25, 0.3) is 0 Å². The van der Waals surface area contributed by atoms with Gasteiger partial charge in [-0.2, -0.15) is 5.10 Å². The highest BCUT2D eigenvalue weighted by Crippen LogP contribution is 2.28. The molecule has 0 heterocycles. The Morgan fingerprint density at radius 2 is 1.88 bits per heavy atom. The van der Waals surface area contributed by atoms with E-state index in [0.29, 0.717) is 24.9 Å². The number of hydrogen-bond donors (Lipinski definition) is 2. The maximum atomic E-state index is 5.69. The van der Waals surface area contributed by atoms with Gasteiger partial charge in [-0.15, -0.1) is 0 Å². The van der Waals surface area contributed by atoms with Gasteiger partial charge in [0, 0.05) is 6.54 Å². The summed E-state index contributed by atoms with van der Waals surface area (Å²) < 4.78 is 11.3. The van der Waals surface area contributed by atoms with Crippen LogP contribution in [-0.4, -0.2) is 24.5 Å². The Bertz CT molecular complexity index is 720. The number of benzene rings is 2. The molecule has 0 bridgehead atoms. The number of nitrogens with one attached hydrogen (secondary N) is 2. The van der Waals surface area contributed by atoms with Crippen LogP contribution in [0.4, 0.5) is 0 Å². The van der Waals surface area contributed by atoms with E-state index in [0.717, 1.165) is 29.0 Å². The molecule has 2 aromatic carbocycles. The normalized spacial score (nSPS) is 10.5. The highest BCUT2D eigenvalue weighted by molar-refractivity contribution is 7.80. The summed E-state index contributed by atoms with van der Waals surface area (Å²) >= 11 is 5.22. The molecule has 2 N–H and O–H groups in total. The van der Waals surface area contributed by atoms with Gasteiger partial charge in [-0.3, -0.25) is 5.43 Å². The lowest BCUT2D eigenvalue weighted by Gasteiger charge is -2.12. The number of rotatable bonds is 9. The Morgan fingerprint density at radius 3 is 2.62 bits per heavy atom. The molecule has 138 valence electrons. The molecule has 0 saturated carbocycles.